The highest BCUT2D eigenvalue weighted by Crippen LogP contribution is 2.24. The first-order valence-electron chi connectivity index (χ1n) is 7.54. The van der Waals surface area contributed by atoms with Crippen LogP contribution in [0.1, 0.15) is 28.9 Å². The van der Waals surface area contributed by atoms with Gasteiger partial charge in [0.25, 0.3) is 0 Å². The molecule has 2 aromatic carbocycles. The summed E-state index contributed by atoms with van der Waals surface area (Å²) in [6, 6.07) is 12.5. The van der Waals surface area contributed by atoms with Gasteiger partial charge in [0.15, 0.2) is 5.11 Å². The van der Waals surface area contributed by atoms with Crippen LogP contribution < -0.4 is 15.4 Å². The van der Waals surface area contributed by atoms with E-state index in [0.717, 1.165) is 11.3 Å². The van der Waals surface area contributed by atoms with Gasteiger partial charge < -0.3 is 20.1 Å². The van der Waals surface area contributed by atoms with Gasteiger partial charge in [0.05, 0.1) is 36.5 Å². The van der Waals surface area contributed by atoms with Crippen LogP contribution in [0.2, 0.25) is 5.02 Å². The van der Waals surface area contributed by atoms with Crippen LogP contribution >= 0.6 is 23.8 Å². The van der Waals surface area contributed by atoms with E-state index in [-0.39, 0.29) is 6.04 Å². The monoisotopic (exact) mass is 378 g/mol. The molecular weight excluding hydrogens is 360 g/mol. The molecule has 0 fully saturated rings. The van der Waals surface area contributed by atoms with E-state index in [2.05, 4.69) is 10.6 Å². The first-order valence-corrected chi connectivity index (χ1v) is 8.32. The molecule has 0 radical (unpaired) electrons. The maximum Gasteiger partial charge on any atom is 0.337 e. The van der Waals surface area contributed by atoms with E-state index >= 15 is 0 Å². The van der Waals surface area contributed by atoms with Crippen molar-refractivity contribution in [1.82, 2.24) is 5.32 Å². The van der Waals surface area contributed by atoms with Crippen molar-refractivity contribution in [2.24, 2.45) is 0 Å². The Bertz CT molecular complexity index is 765. The summed E-state index contributed by atoms with van der Waals surface area (Å²) in [5.41, 5.74) is 1.98. The number of thiocarbonyl (C=S) groups is 1. The van der Waals surface area contributed by atoms with Crippen molar-refractivity contribution in [3.8, 4) is 5.75 Å². The highest BCUT2D eigenvalue weighted by Gasteiger charge is 2.12. The fourth-order valence-corrected chi connectivity index (χ4v) is 2.65. The molecule has 0 heterocycles. The Morgan fingerprint density at radius 3 is 2.44 bits per heavy atom. The van der Waals surface area contributed by atoms with Crippen molar-refractivity contribution in [2.75, 3.05) is 19.5 Å². The zero-order chi connectivity index (χ0) is 18.4. The lowest BCUT2D eigenvalue weighted by Crippen LogP contribution is -2.31. The minimum atomic E-state index is -0.440. The number of nitrogens with one attached hydrogen (secondary N) is 2. The largest absolute Gasteiger partial charge is 0.497 e. The fraction of sp³-hybridized carbons (Fsp3) is 0.222. The molecule has 2 N–H and O–H groups in total. The van der Waals surface area contributed by atoms with Gasteiger partial charge in [-0.05, 0) is 55.0 Å². The molecule has 7 heteroatoms. The molecule has 25 heavy (non-hydrogen) atoms. The zero-order valence-electron chi connectivity index (χ0n) is 14.1. The summed E-state index contributed by atoms with van der Waals surface area (Å²) in [7, 11) is 2.95. The van der Waals surface area contributed by atoms with Crippen LogP contribution in [-0.4, -0.2) is 25.3 Å². The Balaban J connectivity index is 2.05. The zero-order valence-corrected chi connectivity index (χ0v) is 15.7. The Hall–Kier alpha value is -2.31. The van der Waals surface area contributed by atoms with E-state index in [1.54, 1.807) is 25.3 Å². The van der Waals surface area contributed by atoms with Gasteiger partial charge in [-0.15, -0.1) is 0 Å². The standard InChI is InChI=1S/C18H19ClN2O3S/c1-11(12-4-7-14(23-2)8-5-12)20-18(25)21-16-10-13(17(22)24-3)6-9-15(16)19/h4-11H,1-3H3,(H2,20,21,25)/t11-/m1/s1. The van der Waals surface area contributed by atoms with Crippen LogP contribution in [-0.2, 0) is 4.74 Å². The van der Waals surface area contributed by atoms with Gasteiger partial charge in [-0.3, -0.25) is 0 Å². The molecule has 5 nitrogen and oxygen atoms in total. The van der Waals surface area contributed by atoms with E-state index in [0.29, 0.717) is 21.4 Å². The van der Waals surface area contributed by atoms with Crippen molar-refractivity contribution in [3.05, 3.63) is 58.6 Å². The smallest absolute Gasteiger partial charge is 0.337 e. The lowest BCUT2D eigenvalue weighted by Gasteiger charge is -2.18. The summed E-state index contributed by atoms with van der Waals surface area (Å²) in [6.07, 6.45) is 0. The van der Waals surface area contributed by atoms with Gasteiger partial charge in [0.1, 0.15) is 5.75 Å². The number of methoxy groups -OCH3 is 2. The second-order valence-corrected chi connectivity index (χ2v) is 6.09. The number of carbonyl (C=O) groups excluding carboxylic acids is 1. The molecule has 2 aromatic rings. The first kappa shape index (κ1) is 19.0. The lowest BCUT2D eigenvalue weighted by atomic mass is 10.1. The summed E-state index contributed by atoms with van der Waals surface area (Å²) in [5.74, 6) is 0.355. The molecule has 0 aliphatic heterocycles. The van der Waals surface area contributed by atoms with Crippen LogP contribution in [0, 0.1) is 0 Å². The van der Waals surface area contributed by atoms with E-state index in [1.807, 2.05) is 31.2 Å². The van der Waals surface area contributed by atoms with Crippen molar-refractivity contribution < 1.29 is 14.3 Å². The van der Waals surface area contributed by atoms with E-state index in [1.165, 1.54) is 7.11 Å². The van der Waals surface area contributed by atoms with Gasteiger partial charge in [0.2, 0.25) is 0 Å². The number of benzene rings is 2. The molecule has 1 atom stereocenters. The van der Waals surface area contributed by atoms with Crippen molar-refractivity contribution in [3.63, 3.8) is 0 Å². The fourth-order valence-electron chi connectivity index (χ4n) is 2.20. The number of esters is 1. The molecule has 0 amide bonds. The summed E-state index contributed by atoms with van der Waals surface area (Å²) in [5, 5.41) is 7.03. The van der Waals surface area contributed by atoms with Crippen LogP contribution in [0.15, 0.2) is 42.5 Å². The minimum absolute atomic E-state index is 0.0199. The SMILES string of the molecule is COC(=O)c1ccc(Cl)c(NC(=S)N[C@H](C)c2ccc(OC)cc2)c1. The van der Waals surface area contributed by atoms with Crippen molar-refractivity contribution in [1.29, 1.82) is 0 Å². The average molecular weight is 379 g/mol. The second-order valence-electron chi connectivity index (χ2n) is 5.28. The maximum absolute atomic E-state index is 11.6. The van der Waals surface area contributed by atoms with Crippen LogP contribution in [0.25, 0.3) is 0 Å². The Morgan fingerprint density at radius 2 is 1.84 bits per heavy atom. The summed E-state index contributed by atoms with van der Waals surface area (Å²) in [6.45, 7) is 1.99. The third-order valence-corrected chi connectivity index (χ3v) is 4.15. The van der Waals surface area contributed by atoms with Gasteiger partial charge in [-0.25, -0.2) is 4.79 Å². The number of halogens is 1. The van der Waals surface area contributed by atoms with Gasteiger partial charge in [0, 0.05) is 0 Å². The number of hydrogen-bond donors (Lipinski definition) is 2. The number of hydrogen-bond acceptors (Lipinski definition) is 4. The molecule has 0 aromatic heterocycles. The topological polar surface area (TPSA) is 59.6 Å². The number of rotatable bonds is 5. The van der Waals surface area contributed by atoms with Gasteiger partial charge in [-0.2, -0.15) is 0 Å². The van der Waals surface area contributed by atoms with Gasteiger partial charge in [-0.1, -0.05) is 23.7 Å². The predicted octanol–water partition coefficient (Wildman–Crippen LogP) is 4.18. The molecular formula is C18H19ClN2O3S. The normalized spacial score (nSPS) is 11.4. The molecule has 0 unspecified atom stereocenters. The lowest BCUT2D eigenvalue weighted by molar-refractivity contribution is 0.0601. The third kappa shape index (κ3) is 5.08. The molecule has 0 aliphatic carbocycles. The van der Waals surface area contributed by atoms with E-state index in [9.17, 15) is 4.79 Å². The van der Waals surface area contributed by atoms with E-state index in [4.69, 9.17) is 33.3 Å². The quantitative estimate of drug-likeness (QED) is 0.601. The van der Waals surface area contributed by atoms with Crippen molar-refractivity contribution >= 4 is 40.6 Å². The number of carbonyl (C=O) groups is 1. The van der Waals surface area contributed by atoms with Crippen LogP contribution in [0.4, 0.5) is 5.69 Å². The Labute approximate surface area is 157 Å². The van der Waals surface area contributed by atoms with Gasteiger partial charge >= 0.3 is 5.97 Å². The third-order valence-electron chi connectivity index (χ3n) is 3.60. The molecule has 132 valence electrons. The van der Waals surface area contributed by atoms with Crippen LogP contribution in [0.5, 0.6) is 5.75 Å². The summed E-state index contributed by atoms with van der Waals surface area (Å²) in [4.78, 5) is 11.6. The highest BCUT2D eigenvalue weighted by molar-refractivity contribution is 7.80. The van der Waals surface area contributed by atoms with Crippen molar-refractivity contribution in [2.45, 2.75) is 13.0 Å². The number of anilines is 1. The molecule has 0 aliphatic rings. The highest BCUT2D eigenvalue weighted by atomic mass is 35.5. The second kappa shape index (κ2) is 8.69. The molecule has 0 spiro atoms. The Kier molecular flexibility index (Phi) is 6.61. The molecule has 0 bridgehead atoms. The Morgan fingerprint density at radius 1 is 1.16 bits per heavy atom. The predicted molar refractivity (Wildman–Crippen MR) is 104 cm³/mol. The minimum Gasteiger partial charge on any atom is -0.497 e. The molecule has 0 saturated heterocycles. The summed E-state index contributed by atoms with van der Waals surface area (Å²) >= 11 is 11.5. The summed E-state index contributed by atoms with van der Waals surface area (Å²) < 4.78 is 9.86. The van der Waals surface area contributed by atoms with E-state index < -0.39 is 5.97 Å². The number of ether oxygens (including phenoxy) is 2. The maximum atomic E-state index is 11.6. The van der Waals surface area contributed by atoms with Crippen LogP contribution in [0.3, 0.4) is 0 Å². The molecule has 0 saturated carbocycles. The molecule has 2 rings (SSSR count). The average Bonchev–Trinajstić information content (AvgIpc) is 2.62. The first-order chi connectivity index (χ1) is 11.9.